The molecule has 4 heteroatoms. The predicted octanol–water partition coefficient (Wildman–Crippen LogP) is 2.01. The van der Waals surface area contributed by atoms with Gasteiger partial charge in [0.15, 0.2) is 0 Å². The molecule has 62 valence electrons. The third-order valence-corrected chi connectivity index (χ3v) is 2.25. The van der Waals surface area contributed by atoms with E-state index in [0.717, 1.165) is 16.7 Å². The van der Waals surface area contributed by atoms with Crippen LogP contribution in [0.2, 0.25) is 0 Å². The van der Waals surface area contributed by atoms with Crippen LogP contribution < -0.4 is 0 Å². The Balaban J connectivity index is 2.44. The van der Waals surface area contributed by atoms with Crippen LogP contribution in [-0.4, -0.2) is 15.0 Å². The molecule has 0 amide bonds. The zero-order valence-electron chi connectivity index (χ0n) is 6.63. The highest BCUT2D eigenvalue weighted by Gasteiger charge is 1.96. The zero-order chi connectivity index (χ0) is 8.10. The Morgan fingerprint density at radius 1 is 1.64 bits per heavy atom. The van der Waals surface area contributed by atoms with E-state index >= 15 is 0 Å². The van der Waals surface area contributed by atoms with Gasteiger partial charge in [-0.15, -0.1) is 5.10 Å². The van der Waals surface area contributed by atoms with Gasteiger partial charge in [0, 0.05) is 17.2 Å². The number of hydrogen-bond acceptors (Lipinski definition) is 2. The van der Waals surface area contributed by atoms with Gasteiger partial charge in [0.1, 0.15) is 0 Å². The molecule has 1 rings (SSSR count). The summed E-state index contributed by atoms with van der Waals surface area (Å²) >= 11 is 2.29. The topological polar surface area (TPSA) is 30.7 Å². The van der Waals surface area contributed by atoms with Crippen LogP contribution in [0, 0.1) is 0 Å². The number of aromatic nitrogens is 3. The molecule has 0 spiro atoms. The third kappa shape index (κ3) is 2.76. The average Bonchev–Trinajstić information content (AvgIpc) is 2.48. The van der Waals surface area contributed by atoms with Crippen LogP contribution in [0.15, 0.2) is 6.20 Å². The van der Waals surface area contributed by atoms with E-state index in [0.29, 0.717) is 0 Å². The number of unbranched alkanes of at least 4 members (excludes halogenated alkanes) is 1. The lowest BCUT2D eigenvalue weighted by atomic mass is 10.3. The molecule has 0 aliphatic heterocycles. The second-order valence-corrected chi connectivity index (χ2v) is 3.22. The molecule has 0 unspecified atom stereocenters. The van der Waals surface area contributed by atoms with Gasteiger partial charge in [0.2, 0.25) is 0 Å². The SMILES string of the molecule is CCCCn1cc(CI)nn1. The zero-order valence-corrected chi connectivity index (χ0v) is 8.78. The number of halogens is 1. The van der Waals surface area contributed by atoms with E-state index in [9.17, 15) is 0 Å². The Hall–Kier alpha value is -0.130. The highest BCUT2D eigenvalue weighted by atomic mass is 127. The molecule has 0 radical (unpaired) electrons. The van der Waals surface area contributed by atoms with Gasteiger partial charge in [-0.3, -0.25) is 4.68 Å². The van der Waals surface area contributed by atoms with Crippen molar-refractivity contribution >= 4 is 22.6 Å². The van der Waals surface area contributed by atoms with Crippen LogP contribution in [0.1, 0.15) is 25.5 Å². The summed E-state index contributed by atoms with van der Waals surface area (Å²) in [5.41, 5.74) is 1.07. The van der Waals surface area contributed by atoms with Gasteiger partial charge < -0.3 is 0 Å². The minimum absolute atomic E-state index is 0.948. The van der Waals surface area contributed by atoms with Crippen molar-refractivity contribution in [3.05, 3.63) is 11.9 Å². The molecule has 0 aliphatic rings. The maximum Gasteiger partial charge on any atom is 0.0924 e. The van der Waals surface area contributed by atoms with Crippen LogP contribution in [0.5, 0.6) is 0 Å². The summed E-state index contributed by atoms with van der Waals surface area (Å²) in [5, 5.41) is 7.98. The van der Waals surface area contributed by atoms with E-state index in [4.69, 9.17) is 0 Å². The van der Waals surface area contributed by atoms with Crippen molar-refractivity contribution in [2.24, 2.45) is 0 Å². The van der Waals surface area contributed by atoms with E-state index in [-0.39, 0.29) is 0 Å². The summed E-state index contributed by atoms with van der Waals surface area (Å²) in [5.74, 6) is 0. The minimum Gasteiger partial charge on any atom is -0.252 e. The monoisotopic (exact) mass is 265 g/mol. The van der Waals surface area contributed by atoms with Crippen molar-refractivity contribution in [1.29, 1.82) is 0 Å². The van der Waals surface area contributed by atoms with Gasteiger partial charge in [0.25, 0.3) is 0 Å². The van der Waals surface area contributed by atoms with E-state index in [1.54, 1.807) is 0 Å². The second kappa shape index (κ2) is 4.69. The summed E-state index contributed by atoms with van der Waals surface area (Å²) in [7, 11) is 0. The lowest BCUT2D eigenvalue weighted by molar-refractivity contribution is 0.553. The van der Waals surface area contributed by atoms with Gasteiger partial charge >= 0.3 is 0 Å². The Bertz CT molecular complexity index is 209. The van der Waals surface area contributed by atoms with Crippen LogP contribution in [0.25, 0.3) is 0 Å². The molecule has 0 atom stereocenters. The molecule has 1 aromatic rings. The molecule has 0 aromatic carbocycles. The Morgan fingerprint density at radius 2 is 2.45 bits per heavy atom. The van der Waals surface area contributed by atoms with Crippen LogP contribution in [0.3, 0.4) is 0 Å². The highest BCUT2D eigenvalue weighted by Crippen LogP contribution is 2.00. The molecular weight excluding hydrogens is 253 g/mol. The van der Waals surface area contributed by atoms with Gasteiger partial charge in [0.05, 0.1) is 5.69 Å². The third-order valence-electron chi connectivity index (χ3n) is 1.46. The number of aryl methyl sites for hydroxylation is 1. The fraction of sp³-hybridized carbons (Fsp3) is 0.714. The number of nitrogens with zero attached hydrogens (tertiary/aromatic N) is 3. The molecule has 0 bridgehead atoms. The fourth-order valence-electron chi connectivity index (χ4n) is 0.829. The first kappa shape index (κ1) is 8.96. The number of alkyl halides is 1. The Labute approximate surface area is 80.3 Å². The Kier molecular flexibility index (Phi) is 3.82. The van der Waals surface area contributed by atoms with Gasteiger partial charge in [-0.25, -0.2) is 0 Å². The number of rotatable bonds is 4. The van der Waals surface area contributed by atoms with Gasteiger partial charge in [-0.1, -0.05) is 41.1 Å². The van der Waals surface area contributed by atoms with Crippen LogP contribution in [-0.2, 0) is 11.0 Å². The van der Waals surface area contributed by atoms with Crippen molar-refractivity contribution in [3.63, 3.8) is 0 Å². The van der Waals surface area contributed by atoms with Crippen molar-refractivity contribution in [2.75, 3.05) is 0 Å². The summed E-state index contributed by atoms with van der Waals surface area (Å²) in [4.78, 5) is 0. The van der Waals surface area contributed by atoms with Crippen LogP contribution >= 0.6 is 22.6 Å². The first-order valence-corrected chi connectivity index (χ1v) is 5.34. The van der Waals surface area contributed by atoms with Gasteiger partial charge in [-0.05, 0) is 6.42 Å². The maximum absolute atomic E-state index is 3.99. The molecule has 0 saturated heterocycles. The van der Waals surface area contributed by atoms with E-state index in [1.807, 2.05) is 10.9 Å². The molecule has 0 saturated carbocycles. The quantitative estimate of drug-likeness (QED) is 0.616. The summed E-state index contributed by atoms with van der Waals surface area (Å²) in [6.45, 7) is 3.18. The molecule has 0 N–H and O–H groups in total. The molecule has 1 aromatic heterocycles. The summed E-state index contributed by atoms with van der Waals surface area (Å²) in [6, 6.07) is 0. The first-order valence-electron chi connectivity index (χ1n) is 3.81. The fourth-order valence-corrected chi connectivity index (χ4v) is 1.18. The second-order valence-electron chi connectivity index (χ2n) is 2.46. The molecule has 0 fully saturated rings. The smallest absolute Gasteiger partial charge is 0.0924 e. The number of hydrogen-bond donors (Lipinski definition) is 0. The van der Waals surface area contributed by atoms with Crippen molar-refractivity contribution in [2.45, 2.75) is 30.7 Å². The largest absolute Gasteiger partial charge is 0.252 e. The minimum atomic E-state index is 0.948. The molecular formula is C7H12IN3. The van der Waals surface area contributed by atoms with E-state index in [2.05, 4.69) is 39.8 Å². The lowest BCUT2D eigenvalue weighted by Crippen LogP contribution is -1.97. The summed E-state index contributed by atoms with van der Waals surface area (Å²) in [6.07, 6.45) is 4.41. The highest BCUT2D eigenvalue weighted by molar-refractivity contribution is 14.1. The van der Waals surface area contributed by atoms with Crippen molar-refractivity contribution in [3.8, 4) is 0 Å². The van der Waals surface area contributed by atoms with E-state index in [1.165, 1.54) is 12.8 Å². The van der Waals surface area contributed by atoms with Gasteiger partial charge in [-0.2, -0.15) is 0 Å². The lowest BCUT2D eigenvalue weighted by Gasteiger charge is -1.94. The van der Waals surface area contributed by atoms with Crippen molar-refractivity contribution in [1.82, 2.24) is 15.0 Å². The maximum atomic E-state index is 3.99. The average molecular weight is 265 g/mol. The normalized spacial score (nSPS) is 10.4. The first-order chi connectivity index (χ1) is 5.36. The molecule has 0 aliphatic carbocycles. The standard InChI is InChI=1S/C7H12IN3/c1-2-3-4-11-6-7(5-8)9-10-11/h6H,2-5H2,1H3. The predicted molar refractivity (Wildman–Crippen MR) is 52.7 cm³/mol. The Morgan fingerprint density at radius 3 is 3.00 bits per heavy atom. The van der Waals surface area contributed by atoms with Crippen molar-refractivity contribution < 1.29 is 0 Å². The summed E-state index contributed by atoms with van der Waals surface area (Å²) < 4.78 is 2.86. The van der Waals surface area contributed by atoms with E-state index < -0.39 is 0 Å². The molecule has 11 heavy (non-hydrogen) atoms. The molecule has 3 nitrogen and oxygen atoms in total. The molecule has 1 heterocycles. The van der Waals surface area contributed by atoms with Crippen LogP contribution in [0.4, 0.5) is 0 Å².